The number of aliphatic hydroxyl groups excluding tert-OH is 1. The van der Waals surface area contributed by atoms with Crippen LogP contribution in [-0.4, -0.2) is 42.0 Å². The molecule has 1 heterocycles. The predicted molar refractivity (Wildman–Crippen MR) is 105 cm³/mol. The molecular weight excluding hydrogens is 436 g/mol. The topological polar surface area (TPSA) is 64.6 Å². The van der Waals surface area contributed by atoms with Gasteiger partial charge in [0, 0.05) is 34.4 Å². The van der Waals surface area contributed by atoms with E-state index in [1.165, 1.54) is 6.07 Å². The molecule has 0 bridgehead atoms. The summed E-state index contributed by atoms with van der Waals surface area (Å²) in [5.41, 5.74) is 1.77. The van der Waals surface area contributed by atoms with E-state index in [1.807, 2.05) is 24.9 Å². The lowest BCUT2D eigenvalue weighted by Crippen LogP contribution is -2.37. The minimum Gasteiger partial charge on any atom is -0.395 e. The highest BCUT2D eigenvalue weighted by Gasteiger charge is 2.40. The van der Waals surface area contributed by atoms with E-state index in [-0.39, 0.29) is 30.2 Å². The van der Waals surface area contributed by atoms with Crippen LogP contribution in [0.5, 0.6) is 0 Å². The lowest BCUT2D eigenvalue weighted by atomic mass is 9.92. The number of hydrogen-bond donors (Lipinski definition) is 3. The lowest BCUT2D eigenvalue weighted by Gasteiger charge is -2.25. The van der Waals surface area contributed by atoms with Gasteiger partial charge in [-0.3, -0.25) is 4.79 Å². The van der Waals surface area contributed by atoms with Crippen molar-refractivity contribution in [1.29, 1.82) is 0 Å². The summed E-state index contributed by atoms with van der Waals surface area (Å²) in [5, 5.41) is 15.2. The first kappa shape index (κ1) is 19.7. The Bertz CT molecular complexity index is 720. The Labute approximate surface area is 161 Å². The summed E-state index contributed by atoms with van der Waals surface area (Å²) >= 11 is 2.05. The third-order valence-corrected chi connectivity index (χ3v) is 5.00. The zero-order valence-electron chi connectivity index (χ0n) is 14.6. The molecule has 0 radical (unpaired) electrons. The normalized spacial score (nSPS) is 20.0. The average Bonchev–Trinajstić information content (AvgIpc) is 2.78. The maximum atomic E-state index is 14.3. The number of benzene rings is 1. The van der Waals surface area contributed by atoms with E-state index in [1.54, 1.807) is 13.0 Å². The van der Waals surface area contributed by atoms with Gasteiger partial charge in [-0.05, 0) is 47.7 Å². The van der Waals surface area contributed by atoms with Crippen LogP contribution >= 0.6 is 22.6 Å². The van der Waals surface area contributed by atoms with Gasteiger partial charge in [-0.2, -0.15) is 0 Å². The van der Waals surface area contributed by atoms with Crippen LogP contribution in [0.2, 0.25) is 0 Å². The van der Waals surface area contributed by atoms with Gasteiger partial charge < -0.3 is 20.6 Å². The molecule has 1 aliphatic rings. The fraction of sp³-hybridized carbons (Fsp3) is 0.389. The summed E-state index contributed by atoms with van der Waals surface area (Å²) in [6.45, 7) is 7.85. The first-order valence-corrected chi connectivity index (χ1v) is 9.09. The van der Waals surface area contributed by atoms with Crippen molar-refractivity contribution >= 4 is 34.1 Å². The second kappa shape index (κ2) is 8.18. The predicted octanol–water partition coefficient (Wildman–Crippen LogP) is 2.69. The van der Waals surface area contributed by atoms with Crippen LogP contribution in [0.15, 0.2) is 41.9 Å². The van der Waals surface area contributed by atoms with Crippen LogP contribution in [0.4, 0.5) is 10.1 Å². The quantitative estimate of drug-likeness (QED) is 0.548. The molecular formula is C18H23FIN3O2. The molecule has 1 aromatic rings. The highest BCUT2D eigenvalue weighted by molar-refractivity contribution is 14.1. The Balaban J connectivity index is 2.43. The molecule has 0 saturated carbocycles. The largest absolute Gasteiger partial charge is 0.395 e. The van der Waals surface area contributed by atoms with Gasteiger partial charge in [0.25, 0.3) is 0 Å². The van der Waals surface area contributed by atoms with E-state index in [2.05, 4.69) is 39.8 Å². The van der Waals surface area contributed by atoms with Crippen molar-refractivity contribution in [3.63, 3.8) is 0 Å². The molecule has 5 nitrogen and oxygen atoms in total. The van der Waals surface area contributed by atoms with Gasteiger partial charge in [0.15, 0.2) is 5.78 Å². The summed E-state index contributed by atoms with van der Waals surface area (Å²) in [6.07, 6.45) is 0. The van der Waals surface area contributed by atoms with Crippen molar-refractivity contribution in [2.75, 3.05) is 25.5 Å². The molecule has 0 aromatic heterocycles. The molecule has 2 unspecified atom stereocenters. The molecule has 0 aliphatic carbocycles. The Morgan fingerprint density at radius 1 is 1.48 bits per heavy atom. The van der Waals surface area contributed by atoms with Crippen molar-refractivity contribution in [3.8, 4) is 0 Å². The summed E-state index contributed by atoms with van der Waals surface area (Å²) in [6, 6.07) is 4.58. The number of Topliss-reactive ketones (excluding diaryl/α,β-unsaturated/α-hetero) is 1. The monoisotopic (exact) mass is 459 g/mol. The van der Waals surface area contributed by atoms with Crippen LogP contribution in [-0.2, 0) is 4.79 Å². The number of rotatable bonds is 7. The molecule has 0 amide bonds. The molecule has 0 fully saturated rings. The molecule has 0 spiro atoms. The number of nitrogens with one attached hydrogen (secondary N) is 2. The first-order chi connectivity index (χ1) is 11.8. The minimum atomic E-state index is -0.361. The summed E-state index contributed by atoms with van der Waals surface area (Å²) in [5.74, 6) is 0.196. The summed E-state index contributed by atoms with van der Waals surface area (Å²) < 4.78 is 15.1. The molecule has 0 saturated heterocycles. The molecule has 3 N–H and O–H groups in total. The number of allylic oxidation sites excluding steroid dienone is 1. The molecule has 1 aromatic carbocycles. The Morgan fingerprint density at radius 2 is 2.16 bits per heavy atom. The highest BCUT2D eigenvalue weighted by Crippen LogP contribution is 2.37. The van der Waals surface area contributed by atoms with Crippen molar-refractivity contribution < 1.29 is 14.3 Å². The molecule has 2 atom stereocenters. The average molecular weight is 459 g/mol. The first-order valence-electron chi connectivity index (χ1n) is 8.01. The third-order valence-electron chi connectivity index (χ3n) is 4.33. The van der Waals surface area contributed by atoms with Crippen LogP contribution in [0, 0.1) is 15.3 Å². The van der Waals surface area contributed by atoms with E-state index in [4.69, 9.17) is 5.11 Å². The van der Waals surface area contributed by atoms with Gasteiger partial charge >= 0.3 is 0 Å². The van der Waals surface area contributed by atoms with Gasteiger partial charge in [0.1, 0.15) is 11.6 Å². The summed E-state index contributed by atoms with van der Waals surface area (Å²) in [4.78, 5) is 13.9. The van der Waals surface area contributed by atoms with Gasteiger partial charge in [-0.25, -0.2) is 4.39 Å². The fourth-order valence-electron chi connectivity index (χ4n) is 3.26. The summed E-state index contributed by atoms with van der Waals surface area (Å²) in [7, 11) is 1.81. The zero-order chi connectivity index (χ0) is 18.7. The van der Waals surface area contributed by atoms with Crippen molar-refractivity contribution in [2.45, 2.75) is 19.9 Å². The molecule has 1 aliphatic heterocycles. The number of aliphatic hydroxyl groups is 1. The maximum absolute atomic E-state index is 14.3. The smallest absolute Gasteiger partial charge is 0.152 e. The van der Waals surface area contributed by atoms with Crippen molar-refractivity contribution in [3.05, 3.63) is 51.3 Å². The van der Waals surface area contributed by atoms with Gasteiger partial charge in [-0.15, -0.1) is 0 Å². The number of hydrogen-bond acceptors (Lipinski definition) is 5. The number of halogens is 2. The fourth-order valence-corrected chi connectivity index (χ4v) is 3.71. The molecule has 25 heavy (non-hydrogen) atoms. The third kappa shape index (κ3) is 4.14. The zero-order valence-corrected chi connectivity index (χ0v) is 16.7. The number of ketones is 1. The van der Waals surface area contributed by atoms with Crippen molar-refractivity contribution in [2.24, 2.45) is 5.92 Å². The Morgan fingerprint density at radius 3 is 2.72 bits per heavy atom. The lowest BCUT2D eigenvalue weighted by molar-refractivity contribution is -0.121. The van der Waals surface area contributed by atoms with Gasteiger partial charge in [-0.1, -0.05) is 13.5 Å². The Kier molecular flexibility index (Phi) is 6.45. The standard InChI is InChI=1S/C18H23FIN3O2/c1-10-16(11(2)21-7-8-24)18(23(4)17(10)12(3)25)22-15-6-5-13(20)9-14(15)19/h5-6,9-10,17,21-22,24H,2,7-8H2,1,3-4H3. The second-order valence-electron chi connectivity index (χ2n) is 6.10. The minimum absolute atomic E-state index is 0.0266. The Hall–Kier alpha value is -1.61. The number of carbonyl (C=O) groups is 1. The van der Waals surface area contributed by atoms with Gasteiger partial charge in [0.05, 0.1) is 18.3 Å². The van der Waals surface area contributed by atoms with E-state index < -0.39 is 0 Å². The van der Waals surface area contributed by atoms with E-state index in [0.29, 0.717) is 23.8 Å². The number of anilines is 1. The van der Waals surface area contributed by atoms with Crippen LogP contribution in [0.25, 0.3) is 0 Å². The van der Waals surface area contributed by atoms with Crippen LogP contribution < -0.4 is 10.6 Å². The van der Waals surface area contributed by atoms with E-state index in [0.717, 1.165) is 9.14 Å². The van der Waals surface area contributed by atoms with Crippen LogP contribution in [0.3, 0.4) is 0 Å². The number of likely N-dealkylation sites (N-methyl/N-ethyl adjacent to an activating group) is 1. The molecule has 136 valence electrons. The number of nitrogens with zero attached hydrogens (tertiary/aromatic N) is 1. The number of carbonyl (C=O) groups excluding carboxylic acids is 1. The highest BCUT2D eigenvalue weighted by atomic mass is 127. The SMILES string of the molecule is C=C(NCCO)C1=C(Nc2ccc(I)cc2F)N(C)C(C(C)=O)C1C. The van der Waals surface area contributed by atoms with E-state index >= 15 is 0 Å². The van der Waals surface area contributed by atoms with Crippen molar-refractivity contribution in [1.82, 2.24) is 10.2 Å². The molecule has 7 heteroatoms. The second-order valence-corrected chi connectivity index (χ2v) is 7.34. The van der Waals surface area contributed by atoms with Crippen LogP contribution in [0.1, 0.15) is 13.8 Å². The van der Waals surface area contributed by atoms with E-state index in [9.17, 15) is 9.18 Å². The van der Waals surface area contributed by atoms with Gasteiger partial charge in [0.2, 0.25) is 0 Å². The maximum Gasteiger partial charge on any atom is 0.152 e. The molecule has 2 rings (SSSR count).